The summed E-state index contributed by atoms with van der Waals surface area (Å²) in [5.41, 5.74) is 1.08. The molecule has 1 amide bonds. The normalized spacial score (nSPS) is 16.8. The fourth-order valence-corrected chi connectivity index (χ4v) is 3.04. The molecule has 1 aliphatic rings. The van der Waals surface area contributed by atoms with Crippen LogP contribution in [0.15, 0.2) is 5.38 Å². The zero-order chi connectivity index (χ0) is 13.7. The van der Waals surface area contributed by atoms with E-state index in [2.05, 4.69) is 20.6 Å². The Kier molecular flexibility index (Phi) is 5.34. The highest BCUT2D eigenvalue weighted by molar-refractivity contribution is 7.13. The Morgan fingerprint density at radius 2 is 2.16 bits per heavy atom. The van der Waals surface area contributed by atoms with Gasteiger partial charge in [0, 0.05) is 18.3 Å². The number of rotatable bonds is 5. The van der Waals surface area contributed by atoms with Crippen LogP contribution in [0.3, 0.4) is 0 Å². The highest BCUT2D eigenvalue weighted by Gasteiger charge is 2.13. The molecule has 0 saturated carbocycles. The SMILES string of the molecule is CC(C)CC(=O)Nc1nc(CN2CCCCC2)cs1. The predicted molar refractivity (Wildman–Crippen MR) is 79.3 cm³/mol. The van der Waals surface area contributed by atoms with Crippen LogP contribution in [-0.2, 0) is 11.3 Å². The standard InChI is InChI=1S/C14H23N3OS/c1-11(2)8-13(18)16-14-15-12(10-19-14)9-17-6-4-3-5-7-17/h10-11H,3-9H2,1-2H3,(H,15,16,18). The summed E-state index contributed by atoms with van der Waals surface area (Å²) >= 11 is 1.52. The molecule has 1 saturated heterocycles. The lowest BCUT2D eigenvalue weighted by Gasteiger charge is -2.25. The van der Waals surface area contributed by atoms with E-state index >= 15 is 0 Å². The lowest BCUT2D eigenvalue weighted by molar-refractivity contribution is -0.116. The van der Waals surface area contributed by atoms with Crippen molar-refractivity contribution in [3.8, 4) is 0 Å². The smallest absolute Gasteiger partial charge is 0.226 e. The van der Waals surface area contributed by atoms with Crippen molar-refractivity contribution in [3.05, 3.63) is 11.1 Å². The molecule has 106 valence electrons. The molecule has 1 fully saturated rings. The summed E-state index contributed by atoms with van der Waals surface area (Å²) in [6.45, 7) is 7.35. The van der Waals surface area contributed by atoms with Gasteiger partial charge in [0.1, 0.15) is 0 Å². The Balaban J connectivity index is 1.82. The molecule has 0 atom stereocenters. The highest BCUT2D eigenvalue weighted by atomic mass is 32.1. The quantitative estimate of drug-likeness (QED) is 0.902. The third-order valence-corrected chi connectivity index (χ3v) is 4.03. The van der Waals surface area contributed by atoms with Gasteiger partial charge in [-0.05, 0) is 31.8 Å². The van der Waals surface area contributed by atoms with Gasteiger partial charge in [0.25, 0.3) is 0 Å². The van der Waals surface area contributed by atoms with E-state index in [1.807, 2.05) is 13.8 Å². The molecule has 2 rings (SSSR count). The second-order valence-electron chi connectivity index (χ2n) is 5.63. The Morgan fingerprint density at radius 1 is 1.42 bits per heavy atom. The maximum absolute atomic E-state index is 11.7. The number of nitrogens with zero attached hydrogens (tertiary/aromatic N) is 2. The van der Waals surface area contributed by atoms with E-state index in [-0.39, 0.29) is 5.91 Å². The first kappa shape index (κ1) is 14.5. The third kappa shape index (κ3) is 4.91. The molecule has 5 heteroatoms. The van der Waals surface area contributed by atoms with Gasteiger partial charge >= 0.3 is 0 Å². The zero-order valence-electron chi connectivity index (χ0n) is 11.8. The van der Waals surface area contributed by atoms with Gasteiger partial charge in [-0.2, -0.15) is 0 Å². The maximum atomic E-state index is 11.7. The summed E-state index contributed by atoms with van der Waals surface area (Å²) < 4.78 is 0. The zero-order valence-corrected chi connectivity index (χ0v) is 12.6. The topological polar surface area (TPSA) is 45.2 Å². The number of hydrogen-bond donors (Lipinski definition) is 1. The minimum absolute atomic E-state index is 0.0638. The predicted octanol–water partition coefficient (Wildman–Crippen LogP) is 3.11. The molecule has 1 aliphatic heterocycles. The fourth-order valence-electron chi connectivity index (χ4n) is 2.32. The lowest BCUT2D eigenvalue weighted by Crippen LogP contribution is -2.29. The number of amides is 1. The number of thiazole rings is 1. The molecule has 1 aromatic heterocycles. The van der Waals surface area contributed by atoms with Crippen molar-refractivity contribution < 1.29 is 4.79 Å². The Hall–Kier alpha value is -0.940. The van der Waals surface area contributed by atoms with Crippen LogP contribution in [-0.4, -0.2) is 28.9 Å². The minimum Gasteiger partial charge on any atom is -0.302 e. The summed E-state index contributed by atoms with van der Waals surface area (Å²) in [7, 11) is 0. The molecule has 1 N–H and O–H groups in total. The van der Waals surface area contributed by atoms with E-state index in [4.69, 9.17) is 0 Å². The van der Waals surface area contributed by atoms with Crippen molar-refractivity contribution in [1.82, 2.24) is 9.88 Å². The lowest BCUT2D eigenvalue weighted by atomic mass is 10.1. The molecule has 0 bridgehead atoms. The van der Waals surface area contributed by atoms with E-state index in [9.17, 15) is 4.79 Å². The number of hydrogen-bond acceptors (Lipinski definition) is 4. The molecule has 0 aromatic carbocycles. The molecular formula is C14H23N3OS. The van der Waals surface area contributed by atoms with Crippen LogP contribution < -0.4 is 5.32 Å². The molecule has 2 heterocycles. The Labute approximate surface area is 119 Å². The van der Waals surface area contributed by atoms with Gasteiger partial charge in [0.05, 0.1) is 5.69 Å². The van der Waals surface area contributed by atoms with Crippen LogP contribution in [0.25, 0.3) is 0 Å². The van der Waals surface area contributed by atoms with Crippen molar-refractivity contribution in [2.45, 2.75) is 46.1 Å². The number of aromatic nitrogens is 1. The molecule has 0 spiro atoms. The number of anilines is 1. The summed E-state index contributed by atoms with van der Waals surface area (Å²) in [5.74, 6) is 0.446. The summed E-state index contributed by atoms with van der Waals surface area (Å²) in [6, 6.07) is 0. The third-order valence-electron chi connectivity index (χ3n) is 3.23. The fraction of sp³-hybridized carbons (Fsp3) is 0.714. The first-order valence-corrected chi connectivity index (χ1v) is 7.98. The number of carbonyl (C=O) groups is 1. The van der Waals surface area contributed by atoms with E-state index in [1.165, 1.54) is 43.7 Å². The van der Waals surface area contributed by atoms with Crippen LogP contribution >= 0.6 is 11.3 Å². The van der Waals surface area contributed by atoms with E-state index in [0.717, 1.165) is 17.4 Å². The maximum Gasteiger partial charge on any atom is 0.226 e. The summed E-state index contributed by atoms with van der Waals surface area (Å²) in [4.78, 5) is 18.6. The molecule has 19 heavy (non-hydrogen) atoms. The van der Waals surface area contributed by atoms with Crippen molar-refractivity contribution in [1.29, 1.82) is 0 Å². The van der Waals surface area contributed by atoms with E-state index < -0.39 is 0 Å². The molecule has 4 nitrogen and oxygen atoms in total. The van der Waals surface area contributed by atoms with Gasteiger partial charge in [-0.3, -0.25) is 9.69 Å². The number of likely N-dealkylation sites (tertiary alicyclic amines) is 1. The van der Waals surface area contributed by atoms with Crippen molar-refractivity contribution in [2.24, 2.45) is 5.92 Å². The van der Waals surface area contributed by atoms with Gasteiger partial charge in [-0.25, -0.2) is 4.98 Å². The molecule has 0 aliphatic carbocycles. The first-order valence-electron chi connectivity index (χ1n) is 7.10. The molecule has 0 unspecified atom stereocenters. The molecular weight excluding hydrogens is 258 g/mol. The van der Waals surface area contributed by atoms with Gasteiger partial charge in [-0.1, -0.05) is 20.3 Å². The van der Waals surface area contributed by atoms with Gasteiger partial charge in [0.15, 0.2) is 5.13 Å². The average molecular weight is 281 g/mol. The summed E-state index contributed by atoms with van der Waals surface area (Å²) in [6.07, 6.45) is 4.50. The van der Waals surface area contributed by atoms with Crippen molar-refractivity contribution >= 4 is 22.4 Å². The van der Waals surface area contributed by atoms with E-state index in [0.29, 0.717) is 12.3 Å². The molecule has 0 radical (unpaired) electrons. The second kappa shape index (κ2) is 7.01. The number of carbonyl (C=O) groups excluding carboxylic acids is 1. The van der Waals surface area contributed by atoms with Gasteiger partial charge in [-0.15, -0.1) is 11.3 Å². The molecule has 1 aromatic rings. The van der Waals surface area contributed by atoms with Crippen LogP contribution in [0.1, 0.15) is 45.2 Å². The number of piperidine rings is 1. The number of nitrogens with one attached hydrogen (secondary N) is 1. The Bertz CT molecular complexity index is 411. The first-order chi connectivity index (χ1) is 9.13. The van der Waals surface area contributed by atoms with Crippen LogP contribution in [0.4, 0.5) is 5.13 Å². The van der Waals surface area contributed by atoms with Gasteiger partial charge in [0.2, 0.25) is 5.91 Å². The van der Waals surface area contributed by atoms with Crippen LogP contribution in [0.5, 0.6) is 0 Å². The monoisotopic (exact) mass is 281 g/mol. The van der Waals surface area contributed by atoms with Crippen molar-refractivity contribution in [3.63, 3.8) is 0 Å². The largest absolute Gasteiger partial charge is 0.302 e. The van der Waals surface area contributed by atoms with Gasteiger partial charge < -0.3 is 5.32 Å². The van der Waals surface area contributed by atoms with Crippen LogP contribution in [0, 0.1) is 5.92 Å². The van der Waals surface area contributed by atoms with Crippen molar-refractivity contribution in [2.75, 3.05) is 18.4 Å². The summed E-state index contributed by atoms with van der Waals surface area (Å²) in [5, 5.41) is 5.67. The minimum atomic E-state index is 0.0638. The van der Waals surface area contributed by atoms with E-state index in [1.54, 1.807) is 0 Å². The average Bonchev–Trinajstić information content (AvgIpc) is 2.76. The Morgan fingerprint density at radius 3 is 2.84 bits per heavy atom. The highest BCUT2D eigenvalue weighted by Crippen LogP contribution is 2.19. The van der Waals surface area contributed by atoms with Crippen LogP contribution in [0.2, 0.25) is 0 Å². The second-order valence-corrected chi connectivity index (χ2v) is 6.49.